The van der Waals surface area contributed by atoms with Gasteiger partial charge in [-0.3, -0.25) is 19.4 Å². The number of anilines is 1. The topological polar surface area (TPSA) is 112 Å². The molecule has 0 fully saturated rings. The number of methoxy groups -OCH3 is 1. The van der Waals surface area contributed by atoms with Gasteiger partial charge >= 0.3 is 0 Å². The number of carbonyl (C=O) groups excluding carboxylic acids is 3. The van der Waals surface area contributed by atoms with E-state index in [0.29, 0.717) is 40.9 Å². The standard InChI is InChI=1S/C32H33N5O4S/c1-4-20-10-14-22(15-11-20)34-30(39)27(5-2)42-32-36-25-9-7-6-8-24(25)29-35-26(31(40)37(29)32)18-28(38)33-19-21-12-16-23(41-3)17-13-21/h6-17,26-27H,4-5,18-19H2,1-3H3,(H,33,38)(H,34,39)/t26-,27+/m0/s1. The van der Waals surface area contributed by atoms with Crippen LogP contribution in [-0.4, -0.2) is 52.0 Å². The van der Waals surface area contributed by atoms with E-state index in [1.165, 1.54) is 22.2 Å². The number of thioether (sulfide) groups is 1. The molecule has 0 aromatic heterocycles. The second kappa shape index (κ2) is 13.0. The maximum atomic E-state index is 13.7. The second-order valence-electron chi connectivity index (χ2n) is 9.94. The first kappa shape index (κ1) is 29.1. The Morgan fingerprint density at radius 1 is 1.00 bits per heavy atom. The van der Waals surface area contributed by atoms with Crippen LogP contribution in [0.2, 0.25) is 0 Å². The molecule has 2 N–H and O–H groups in total. The van der Waals surface area contributed by atoms with Crippen molar-refractivity contribution in [2.24, 2.45) is 9.98 Å². The van der Waals surface area contributed by atoms with E-state index < -0.39 is 11.3 Å². The fourth-order valence-corrected chi connectivity index (χ4v) is 5.72. The number of rotatable bonds is 10. The van der Waals surface area contributed by atoms with E-state index in [1.807, 2.05) is 79.7 Å². The minimum atomic E-state index is -0.890. The Balaban J connectivity index is 1.30. The summed E-state index contributed by atoms with van der Waals surface area (Å²) >= 11 is 1.23. The Labute approximate surface area is 249 Å². The number of benzene rings is 3. The maximum Gasteiger partial charge on any atom is 0.259 e. The van der Waals surface area contributed by atoms with Crippen LogP contribution in [0.5, 0.6) is 5.75 Å². The second-order valence-corrected chi connectivity index (χ2v) is 11.1. The van der Waals surface area contributed by atoms with Crippen molar-refractivity contribution in [2.45, 2.75) is 50.9 Å². The molecule has 9 nitrogen and oxygen atoms in total. The number of aryl methyl sites for hydroxylation is 1. The highest BCUT2D eigenvalue weighted by Gasteiger charge is 2.43. The molecule has 0 aliphatic carbocycles. The van der Waals surface area contributed by atoms with E-state index in [-0.39, 0.29) is 24.1 Å². The van der Waals surface area contributed by atoms with Crippen molar-refractivity contribution < 1.29 is 19.1 Å². The summed E-state index contributed by atoms with van der Waals surface area (Å²) in [6.45, 7) is 4.33. The highest BCUT2D eigenvalue weighted by molar-refractivity contribution is 8.15. The molecule has 0 unspecified atom stereocenters. The zero-order chi connectivity index (χ0) is 29.6. The summed E-state index contributed by atoms with van der Waals surface area (Å²) in [7, 11) is 1.60. The highest BCUT2D eigenvalue weighted by Crippen LogP contribution is 2.36. The third-order valence-electron chi connectivity index (χ3n) is 7.12. The Morgan fingerprint density at radius 2 is 1.71 bits per heavy atom. The van der Waals surface area contributed by atoms with Crippen LogP contribution in [-0.2, 0) is 27.3 Å². The maximum absolute atomic E-state index is 13.7. The van der Waals surface area contributed by atoms with Crippen molar-refractivity contribution in [3.8, 4) is 5.75 Å². The summed E-state index contributed by atoms with van der Waals surface area (Å²) in [4.78, 5) is 50.6. The van der Waals surface area contributed by atoms with Gasteiger partial charge in [0.2, 0.25) is 11.8 Å². The zero-order valence-electron chi connectivity index (χ0n) is 23.8. The first-order valence-electron chi connectivity index (χ1n) is 14.0. The molecule has 216 valence electrons. The number of amidine groups is 2. The van der Waals surface area contributed by atoms with Crippen molar-refractivity contribution in [1.82, 2.24) is 10.2 Å². The third-order valence-corrected chi connectivity index (χ3v) is 8.43. The van der Waals surface area contributed by atoms with E-state index in [9.17, 15) is 14.4 Å². The molecule has 42 heavy (non-hydrogen) atoms. The van der Waals surface area contributed by atoms with Gasteiger partial charge in [-0.05, 0) is 60.4 Å². The lowest BCUT2D eigenvalue weighted by molar-refractivity contribution is -0.128. The van der Waals surface area contributed by atoms with Gasteiger partial charge in [0.15, 0.2) is 5.17 Å². The van der Waals surface area contributed by atoms with Crippen molar-refractivity contribution in [3.63, 3.8) is 0 Å². The van der Waals surface area contributed by atoms with E-state index in [4.69, 9.17) is 9.73 Å². The van der Waals surface area contributed by atoms with Gasteiger partial charge in [-0.25, -0.2) is 9.89 Å². The van der Waals surface area contributed by atoms with Crippen LogP contribution in [0.15, 0.2) is 82.8 Å². The number of amides is 3. The summed E-state index contributed by atoms with van der Waals surface area (Å²) in [6, 6.07) is 21.7. The summed E-state index contributed by atoms with van der Waals surface area (Å²) < 4.78 is 5.18. The summed E-state index contributed by atoms with van der Waals surface area (Å²) in [5.74, 6) is 0.390. The predicted octanol–water partition coefficient (Wildman–Crippen LogP) is 5.07. The number of aliphatic imine (C=N–C) groups is 2. The van der Waals surface area contributed by atoms with Crippen LogP contribution in [0, 0.1) is 0 Å². The van der Waals surface area contributed by atoms with E-state index >= 15 is 0 Å². The quantitative estimate of drug-likeness (QED) is 0.346. The average molecular weight is 584 g/mol. The van der Waals surface area contributed by atoms with E-state index in [2.05, 4.69) is 22.5 Å². The lowest BCUT2D eigenvalue weighted by Crippen LogP contribution is -2.43. The number of nitrogens with one attached hydrogen (secondary N) is 2. The van der Waals surface area contributed by atoms with Crippen LogP contribution in [0.4, 0.5) is 11.4 Å². The minimum absolute atomic E-state index is 0.0967. The predicted molar refractivity (Wildman–Crippen MR) is 166 cm³/mol. The lowest BCUT2D eigenvalue weighted by atomic mass is 10.1. The smallest absolute Gasteiger partial charge is 0.259 e. The summed E-state index contributed by atoms with van der Waals surface area (Å²) in [6.07, 6.45) is 1.35. The zero-order valence-corrected chi connectivity index (χ0v) is 24.6. The molecular formula is C32H33N5O4S. The largest absolute Gasteiger partial charge is 0.497 e. The number of ether oxygens (including phenoxy) is 1. The van der Waals surface area contributed by atoms with Gasteiger partial charge in [0.05, 0.1) is 24.5 Å². The molecule has 2 atom stereocenters. The molecule has 10 heteroatoms. The monoisotopic (exact) mass is 583 g/mol. The van der Waals surface area contributed by atoms with Crippen molar-refractivity contribution >= 4 is 51.9 Å². The molecule has 3 aromatic carbocycles. The van der Waals surface area contributed by atoms with Gasteiger partial charge in [-0.15, -0.1) is 0 Å². The van der Waals surface area contributed by atoms with Crippen molar-refractivity contribution in [1.29, 1.82) is 0 Å². The van der Waals surface area contributed by atoms with Crippen LogP contribution in [0.25, 0.3) is 0 Å². The minimum Gasteiger partial charge on any atom is -0.497 e. The van der Waals surface area contributed by atoms with Gasteiger partial charge in [0, 0.05) is 17.8 Å². The Kier molecular flexibility index (Phi) is 9.02. The Hall–Kier alpha value is -4.44. The fraction of sp³-hybridized carbons (Fsp3) is 0.281. The molecule has 3 aromatic rings. The molecule has 0 saturated carbocycles. The van der Waals surface area contributed by atoms with Crippen LogP contribution >= 0.6 is 11.8 Å². The summed E-state index contributed by atoms with van der Waals surface area (Å²) in [5, 5.41) is 5.74. The van der Waals surface area contributed by atoms with E-state index in [0.717, 1.165) is 17.7 Å². The van der Waals surface area contributed by atoms with Gasteiger partial charge in [0.1, 0.15) is 17.6 Å². The molecule has 0 saturated heterocycles. The average Bonchev–Trinajstić information content (AvgIpc) is 3.35. The van der Waals surface area contributed by atoms with Gasteiger partial charge in [-0.2, -0.15) is 0 Å². The number of para-hydroxylation sites is 1. The Morgan fingerprint density at radius 3 is 2.40 bits per heavy atom. The summed E-state index contributed by atoms with van der Waals surface area (Å²) in [5.41, 5.74) is 4.19. The van der Waals surface area contributed by atoms with Crippen molar-refractivity contribution in [2.75, 3.05) is 12.4 Å². The molecule has 0 bridgehead atoms. The van der Waals surface area contributed by atoms with Crippen LogP contribution in [0.1, 0.15) is 43.4 Å². The normalized spacial score (nSPS) is 16.1. The first-order valence-corrected chi connectivity index (χ1v) is 14.8. The molecule has 0 spiro atoms. The van der Waals surface area contributed by atoms with Gasteiger partial charge < -0.3 is 15.4 Å². The number of hydrogen-bond donors (Lipinski definition) is 2. The molecule has 5 rings (SSSR count). The molecule has 3 amide bonds. The van der Waals surface area contributed by atoms with Gasteiger partial charge in [0.25, 0.3) is 5.91 Å². The SMILES string of the molecule is CCc1ccc(NC(=O)[C@@H](CC)SC2=Nc3ccccc3C3=N[C@@H](CC(=O)NCc4ccc(OC)cc4)C(=O)N23)cc1. The molecule has 2 aliphatic heterocycles. The first-order chi connectivity index (χ1) is 20.4. The molecule has 0 radical (unpaired) electrons. The number of carbonyl (C=O) groups is 3. The van der Waals surface area contributed by atoms with Crippen LogP contribution in [0.3, 0.4) is 0 Å². The number of nitrogens with zero attached hydrogens (tertiary/aromatic N) is 3. The lowest BCUT2D eigenvalue weighted by Gasteiger charge is -2.27. The van der Waals surface area contributed by atoms with Crippen molar-refractivity contribution in [3.05, 3.63) is 89.5 Å². The molecule has 2 heterocycles. The Bertz CT molecular complexity index is 1540. The third kappa shape index (κ3) is 6.38. The molecule has 2 aliphatic rings. The van der Waals surface area contributed by atoms with Crippen LogP contribution < -0.4 is 15.4 Å². The fourth-order valence-electron chi connectivity index (χ4n) is 4.70. The number of hydrogen-bond acceptors (Lipinski definition) is 7. The van der Waals surface area contributed by atoms with E-state index in [1.54, 1.807) is 7.11 Å². The highest BCUT2D eigenvalue weighted by atomic mass is 32.2. The van der Waals surface area contributed by atoms with Gasteiger partial charge in [-0.1, -0.05) is 62.0 Å². The number of fused-ring (bicyclic) bond motifs is 3. The molecular weight excluding hydrogens is 550 g/mol.